The number of amides is 2. The first kappa shape index (κ1) is 20.7. The summed E-state index contributed by atoms with van der Waals surface area (Å²) in [5.74, 6) is 0.857. The van der Waals surface area contributed by atoms with Gasteiger partial charge in [-0.2, -0.15) is 0 Å². The van der Waals surface area contributed by atoms with E-state index in [9.17, 15) is 13.2 Å². The standard InChI is InChI=1S/C19H25N3O4S/c1-15-5-2-3-6-18(15)26-14-4-12-21-19(23)22-13-11-16-7-9-17(10-8-16)27(20,24)25/h2-3,5-10H,4,11-14H2,1H3,(H2,20,24,25)(H2,21,22,23). The second-order valence-electron chi connectivity index (χ2n) is 6.09. The number of nitrogens with two attached hydrogens (primary N) is 1. The molecule has 27 heavy (non-hydrogen) atoms. The lowest BCUT2D eigenvalue weighted by molar-refractivity contribution is 0.239. The number of rotatable bonds is 9. The quantitative estimate of drug-likeness (QED) is 0.567. The van der Waals surface area contributed by atoms with Crippen LogP contribution in [0.1, 0.15) is 17.5 Å². The van der Waals surface area contributed by atoms with E-state index in [0.717, 1.165) is 16.9 Å². The Morgan fingerprint density at radius 2 is 1.70 bits per heavy atom. The second kappa shape index (κ2) is 9.94. The van der Waals surface area contributed by atoms with E-state index in [1.165, 1.54) is 12.1 Å². The maximum Gasteiger partial charge on any atom is 0.314 e. The minimum atomic E-state index is -3.68. The van der Waals surface area contributed by atoms with Crippen LogP contribution in [0.3, 0.4) is 0 Å². The summed E-state index contributed by atoms with van der Waals surface area (Å²) in [4.78, 5) is 11.8. The summed E-state index contributed by atoms with van der Waals surface area (Å²) in [6.45, 7) is 3.48. The smallest absolute Gasteiger partial charge is 0.314 e. The Morgan fingerprint density at radius 3 is 2.37 bits per heavy atom. The lowest BCUT2D eigenvalue weighted by atomic mass is 10.1. The largest absolute Gasteiger partial charge is 0.493 e. The molecular weight excluding hydrogens is 366 g/mol. The van der Waals surface area contributed by atoms with E-state index in [-0.39, 0.29) is 10.9 Å². The molecule has 0 bridgehead atoms. The lowest BCUT2D eigenvalue weighted by Crippen LogP contribution is -2.37. The molecule has 8 heteroatoms. The van der Waals surface area contributed by atoms with E-state index in [0.29, 0.717) is 32.5 Å². The highest BCUT2D eigenvalue weighted by atomic mass is 32.2. The first-order valence-corrected chi connectivity index (χ1v) is 10.2. The van der Waals surface area contributed by atoms with E-state index in [2.05, 4.69) is 10.6 Å². The summed E-state index contributed by atoms with van der Waals surface area (Å²) in [7, 11) is -3.68. The Morgan fingerprint density at radius 1 is 1.04 bits per heavy atom. The van der Waals surface area contributed by atoms with Crippen LogP contribution in [0.2, 0.25) is 0 Å². The third-order valence-electron chi connectivity index (χ3n) is 3.91. The predicted octanol–water partition coefficient (Wildman–Crippen LogP) is 1.95. The summed E-state index contributed by atoms with van der Waals surface area (Å²) in [6.07, 6.45) is 1.30. The molecule has 0 aliphatic heterocycles. The molecule has 0 unspecified atom stereocenters. The van der Waals surface area contributed by atoms with Crippen LogP contribution in [0, 0.1) is 6.92 Å². The van der Waals surface area contributed by atoms with Crippen LogP contribution < -0.4 is 20.5 Å². The highest BCUT2D eigenvalue weighted by molar-refractivity contribution is 7.89. The molecule has 0 aliphatic rings. The van der Waals surface area contributed by atoms with Gasteiger partial charge in [0.15, 0.2) is 0 Å². The Balaban J connectivity index is 1.59. The first-order valence-electron chi connectivity index (χ1n) is 8.68. The van der Waals surface area contributed by atoms with Gasteiger partial charge < -0.3 is 15.4 Å². The van der Waals surface area contributed by atoms with Gasteiger partial charge in [-0.25, -0.2) is 18.4 Å². The Kier molecular flexibility index (Phi) is 7.63. The van der Waals surface area contributed by atoms with Gasteiger partial charge in [-0.1, -0.05) is 30.3 Å². The zero-order valence-corrected chi connectivity index (χ0v) is 16.1. The average Bonchev–Trinajstić information content (AvgIpc) is 2.62. The molecule has 0 aliphatic carbocycles. The van der Waals surface area contributed by atoms with Crippen molar-refractivity contribution in [2.24, 2.45) is 5.14 Å². The number of sulfonamides is 1. The molecule has 0 saturated carbocycles. The zero-order valence-electron chi connectivity index (χ0n) is 15.3. The summed E-state index contributed by atoms with van der Waals surface area (Å²) in [6, 6.07) is 13.8. The van der Waals surface area contributed by atoms with Gasteiger partial charge in [0.05, 0.1) is 11.5 Å². The van der Waals surface area contributed by atoms with Gasteiger partial charge in [0, 0.05) is 13.1 Å². The van der Waals surface area contributed by atoms with Crippen LogP contribution >= 0.6 is 0 Å². The maximum absolute atomic E-state index is 11.7. The van der Waals surface area contributed by atoms with Crippen molar-refractivity contribution in [3.8, 4) is 5.75 Å². The van der Waals surface area contributed by atoms with E-state index in [1.54, 1.807) is 12.1 Å². The van der Waals surface area contributed by atoms with E-state index >= 15 is 0 Å². The van der Waals surface area contributed by atoms with Crippen molar-refractivity contribution in [2.75, 3.05) is 19.7 Å². The van der Waals surface area contributed by atoms with Gasteiger partial charge in [-0.05, 0) is 49.1 Å². The van der Waals surface area contributed by atoms with Gasteiger partial charge in [-0.15, -0.1) is 0 Å². The minimum Gasteiger partial charge on any atom is -0.493 e. The van der Waals surface area contributed by atoms with Gasteiger partial charge in [0.1, 0.15) is 5.75 Å². The van der Waals surface area contributed by atoms with Crippen LogP contribution in [0.4, 0.5) is 4.79 Å². The number of para-hydroxylation sites is 1. The highest BCUT2D eigenvalue weighted by Gasteiger charge is 2.07. The number of carbonyl (C=O) groups excluding carboxylic acids is 1. The number of nitrogens with one attached hydrogen (secondary N) is 2. The third-order valence-corrected chi connectivity index (χ3v) is 4.84. The van der Waals surface area contributed by atoms with E-state index in [1.807, 2.05) is 31.2 Å². The molecule has 2 amide bonds. The Bertz CT molecular complexity index is 852. The normalized spacial score (nSPS) is 11.0. The Hall–Kier alpha value is -2.58. The highest BCUT2D eigenvalue weighted by Crippen LogP contribution is 2.16. The molecule has 0 fully saturated rings. The molecule has 4 N–H and O–H groups in total. The SMILES string of the molecule is Cc1ccccc1OCCCNC(=O)NCCc1ccc(S(N)(=O)=O)cc1. The molecule has 0 radical (unpaired) electrons. The summed E-state index contributed by atoms with van der Waals surface area (Å²) in [5.41, 5.74) is 2.00. The summed E-state index contributed by atoms with van der Waals surface area (Å²) >= 11 is 0. The molecule has 0 aromatic heterocycles. The topological polar surface area (TPSA) is 111 Å². The molecule has 0 heterocycles. The molecule has 2 aromatic carbocycles. The van der Waals surface area contributed by atoms with E-state index in [4.69, 9.17) is 9.88 Å². The van der Waals surface area contributed by atoms with Crippen LogP contribution in [0.15, 0.2) is 53.4 Å². The fraction of sp³-hybridized carbons (Fsp3) is 0.316. The van der Waals surface area contributed by atoms with Crippen LogP contribution in [-0.4, -0.2) is 34.1 Å². The second-order valence-corrected chi connectivity index (χ2v) is 7.65. The number of hydrogen-bond acceptors (Lipinski definition) is 4. The fourth-order valence-corrected chi connectivity index (χ4v) is 2.92. The molecule has 2 aromatic rings. The van der Waals surface area contributed by atoms with Crippen molar-refractivity contribution < 1.29 is 17.9 Å². The molecule has 2 rings (SSSR count). The Labute approximate surface area is 160 Å². The average molecular weight is 391 g/mol. The molecular formula is C19H25N3O4S. The van der Waals surface area contributed by atoms with Gasteiger partial charge in [-0.3, -0.25) is 0 Å². The van der Waals surface area contributed by atoms with E-state index < -0.39 is 10.0 Å². The maximum atomic E-state index is 11.7. The van der Waals surface area contributed by atoms with Crippen LogP contribution in [0.25, 0.3) is 0 Å². The van der Waals surface area contributed by atoms with Gasteiger partial charge in [0.25, 0.3) is 0 Å². The molecule has 0 spiro atoms. The van der Waals surface area contributed by atoms with Crippen molar-refractivity contribution in [1.82, 2.24) is 10.6 Å². The number of carbonyl (C=O) groups is 1. The summed E-state index contributed by atoms with van der Waals surface area (Å²) in [5, 5.41) is 10.6. The van der Waals surface area contributed by atoms with Crippen molar-refractivity contribution >= 4 is 16.1 Å². The molecule has 0 saturated heterocycles. The number of benzene rings is 2. The molecule has 0 atom stereocenters. The number of aryl methyl sites for hydroxylation is 1. The number of primary sulfonamides is 1. The molecule has 7 nitrogen and oxygen atoms in total. The van der Waals surface area contributed by atoms with Crippen LogP contribution in [0.5, 0.6) is 5.75 Å². The third kappa shape index (κ3) is 7.28. The monoisotopic (exact) mass is 391 g/mol. The van der Waals surface area contributed by atoms with Crippen molar-refractivity contribution in [3.05, 3.63) is 59.7 Å². The number of urea groups is 1. The first-order chi connectivity index (χ1) is 12.9. The van der Waals surface area contributed by atoms with Crippen molar-refractivity contribution in [2.45, 2.75) is 24.7 Å². The summed E-state index contributed by atoms with van der Waals surface area (Å²) < 4.78 is 28.1. The number of hydrogen-bond donors (Lipinski definition) is 3. The molecule has 146 valence electrons. The van der Waals surface area contributed by atoms with Gasteiger partial charge >= 0.3 is 6.03 Å². The fourth-order valence-electron chi connectivity index (χ4n) is 2.40. The van der Waals surface area contributed by atoms with Crippen molar-refractivity contribution in [1.29, 1.82) is 0 Å². The van der Waals surface area contributed by atoms with Crippen molar-refractivity contribution in [3.63, 3.8) is 0 Å². The zero-order chi connectivity index (χ0) is 19.7. The van der Waals surface area contributed by atoms with Crippen LogP contribution in [-0.2, 0) is 16.4 Å². The minimum absolute atomic E-state index is 0.0740. The predicted molar refractivity (Wildman–Crippen MR) is 104 cm³/mol. The van der Waals surface area contributed by atoms with Gasteiger partial charge in [0.2, 0.25) is 10.0 Å². The number of ether oxygens (including phenoxy) is 1. The lowest BCUT2D eigenvalue weighted by Gasteiger charge is -2.10.